The summed E-state index contributed by atoms with van der Waals surface area (Å²) in [4.78, 5) is 9.86. The van der Waals surface area contributed by atoms with Crippen LogP contribution in [0.1, 0.15) is 11.1 Å². The molecule has 1 heterocycles. The number of rotatable bonds is 5. The molecule has 0 atom stereocenters. The molecule has 132 valence electrons. The van der Waals surface area contributed by atoms with Gasteiger partial charge in [-0.1, -0.05) is 48.5 Å². The van der Waals surface area contributed by atoms with Crippen LogP contribution in [0.2, 0.25) is 0 Å². The molecule has 3 aromatic rings. The standard InChI is InChI=1S/C20H24N4.HI/c1-21-20(24(2)15-16-8-4-3-5-9-16)22-13-12-17-14-23-19-11-7-6-10-18(17)19;/h3-11,14,23H,12-13,15H2,1-2H3,(H,21,22);1H. The van der Waals surface area contributed by atoms with Crippen molar-refractivity contribution >= 4 is 40.8 Å². The fraction of sp³-hybridized carbons (Fsp3) is 0.250. The highest BCUT2D eigenvalue weighted by Crippen LogP contribution is 2.17. The normalized spacial score (nSPS) is 11.2. The first kappa shape index (κ1) is 19.3. The molecule has 0 radical (unpaired) electrons. The molecular weight excluding hydrogens is 423 g/mol. The van der Waals surface area contributed by atoms with Gasteiger partial charge in [-0.15, -0.1) is 24.0 Å². The van der Waals surface area contributed by atoms with Crippen LogP contribution in [0.15, 0.2) is 65.8 Å². The molecule has 5 heteroatoms. The van der Waals surface area contributed by atoms with Gasteiger partial charge in [0.25, 0.3) is 0 Å². The van der Waals surface area contributed by atoms with Crippen LogP contribution in [0.5, 0.6) is 0 Å². The van der Waals surface area contributed by atoms with Crippen molar-refractivity contribution in [1.29, 1.82) is 0 Å². The second-order valence-electron chi connectivity index (χ2n) is 5.93. The Bertz CT molecular complexity index is 811. The van der Waals surface area contributed by atoms with Crippen molar-refractivity contribution < 1.29 is 0 Å². The summed E-state index contributed by atoms with van der Waals surface area (Å²) in [7, 11) is 3.89. The summed E-state index contributed by atoms with van der Waals surface area (Å²) >= 11 is 0. The highest BCUT2D eigenvalue weighted by atomic mass is 127. The number of halogens is 1. The zero-order valence-electron chi connectivity index (χ0n) is 14.7. The van der Waals surface area contributed by atoms with Crippen LogP contribution in [0.4, 0.5) is 0 Å². The molecule has 0 bridgehead atoms. The van der Waals surface area contributed by atoms with E-state index in [4.69, 9.17) is 0 Å². The maximum atomic E-state index is 4.39. The van der Waals surface area contributed by atoms with Crippen LogP contribution in [0, 0.1) is 0 Å². The second kappa shape index (κ2) is 9.46. The largest absolute Gasteiger partial charge is 0.361 e. The summed E-state index contributed by atoms with van der Waals surface area (Å²) in [6.45, 7) is 1.70. The molecule has 0 aliphatic carbocycles. The highest BCUT2D eigenvalue weighted by Gasteiger charge is 2.07. The summed E-state index contributed by atoms with van der Waals surface area (Å²) in [5.41, 5.74) is 3.80. The Balaban J connectivity index is 0.00000225. The Morgan fingerprint density at radius 1 is 1.08 bits per heavy atom. The molecule has 4 nitrogen and oxygen atoms in total. The first-order valence-electron chi connectivity index (χ1n) is 8.28. The maximum Gasteiger partial charge on any atom is 0.193 e. The summed E-state index contributed by atoms with van der Waals surface area (Å²) in [5, 5.41) is 4.75. The van der Waals surface area contributed by atoms with Gasteiger partial charge in [0, 0.05) is 44.3 Å². The Labute approximate surface area is 166 Å². The van der Waals surface area contributed by atoms with E-state index in [9.17, 15) is 0 Å². The number of hydrogen-bond acceptors (Lipinski definition) is 1. The van der Waals surface area contributed by atoms with Crippen LogP contribution < -0.4 is 5.32 Å². The monoisotopic (exact) mass is 448 g/mol. The molecule has 3 rings (SSSR count). The molecule has 0 saturated heterocycles. The fourth-order valence-electron chi connectivity index (χ4n) is 2.96. The number of guanidine groups is 1. The molecule has 1 aromatic heterocycles. The Hall–Kier alpha value is -2.02. The lowest BCUT2D eigenvalue weighted by Gasteiger charge is -2.22. The van der Waals surface area contributed by atoms with Crippen molar-refractivity contribution in [3.63, 3.8) is 0 Å². The summed E-state index contributed by atoms with van der Waals surface area (Å²) in [5.74, 6) is 0.915. The molecular formula is C20H25IN4. The molecule has 0 aliphatic rings. The van der Waals surface area contributed by atoms with Gasteiger partial charge in [0.1, 0.15) is 0 Å². The number of hydrogen-bond donors (Lipinski definition) is 2. The molecule has 0 unspecified atom stereocenters. The zero-order valence-corrected chi connectivity index (χ0v) is 17.0. The van der Waals surface area contributed by atoms with E-state index in [1.54, 1.807) is 0 Å². The minimum Gasteiger partial charge on any atom is -0.361 e. The Kier molecular flexibility index (Phi) is 7.31. The minimum absolute atomic E-state index is 0. The SMILES string of the molecule is CN=C(NCCc1c[nH]c2ccccc12)N(C)Cc1ccccc1.I. The summed E-state index contributed by atoms with van der Waals surface area (Å²) < 4.78 is 0. The molecule has 25 heavy (non-hydrogen) atoms. The number of nitrogens with zero attached hydrogens (tertiary/aromatic N) is 2. The number of nitrogens with one attached hydrogen (secondary N) is 2. The van der Waals surface area contributed by atoms with Crippen LogP contribution in [-0.4, -0.2) is 36.5 Å². The summed E-state index contributed by atoms with van der Waals surface area (Å²) in [6.07, 6.45) is 3.06. The van der Waals surface area contributed by atoms with E-state index in [0.29, 0.717) is 0 Å². The van der Waals surface area contributed by atoms with E-state index >= 15 is 0 Å². The van der Waals surface area contributed by atoms with Crippen LogP contribution in [0.25, 0.3) is 10.9 Å². The van der Waals surface area contributed by atoms with Crippen LogP contribution in [-0.2, 0) is 13.0 Å². The molecule has 0 amide bonds. The molecule has 0 aliphatic heterocycles. The lowest BCUT2D eigenvalue weighted by atomic mass is 10.1. The first-order chi connectivity index (χ1) is 11.8. The number of H-pyrrole nitrogens is 1. The third-order valence-electron chi connectivity index (χ3n) is 4.19. The Morgan fingerprint density at radius 3 is 2.56 bits per heavy atom. The topological polar surface area (TPSA) is 43.4 Å². The van der Waals surface area contributed by atoms with Crippen molar-refractivity contribution in [3.8, 4) is 0 Å². The molecule has 0 fully saturated rings. The van der Waals surface area contributed by atoms with Gasteiger partial charge in [-0.25, -0.2) is 0 Å². The number of benzene rings is 2. The lowest BCUT2D eigenvalue weighted by Crippen LogP contribution is -2.39. The van der Waals surface area contributed by atoms with E-state index in [1.165, 1.54) is 22.0 Å². The van der Waals surface area contributed by atoms with E-state index in [2.05, 4.69) is 82.0 Å². The predicted molar refractivity (Wildman–Crippen MR) is 117 cm³/mol. The highest BCUT2D eigenvalue weighted by molar-refractivity contribution is 14.0. The van der Waals surface area contributed by atoms with Gasteiger partial charge in [-0.05, 0) is 23.6 Å². The van der Waals surface area contributed by atoms with E-state index in [0.717, 1.165) is 25.5 Å². The molecule has 2 N–H and O–H groups in total. The maximum absolute atomic E-state index is 4.39. The molecule has 0 spiro atoms. The number of fused-ring (bicyclic) bond motifs is 1. The number of aliphatic imine (C=N–C) groups is 1. The van der Waals surface area contributed by atoms with Gasteiger partial charge in [-0.2, -0.15) is 0 Å². The predicted octanol–water partition coefficient (Wildman–Crippen LogP) is 4.04. The minimum atomic E-state index is 0. The van der Waals surface area contributed by atoms with Gasteiger partial charge in [0.2, 0.25) is 0 Å². The zero-order chi connectivity index (χ0) is 16.8. The average Bonchev–Trinajstić information content (AvgIpc) is 3.03. The van der Waals surface area contributed by atoms with Crippen LogP contribution >= 0.6 is 24.0 Å². The summed E-state index contributed by atoms with van der Waals surface area (Å²) in [6, 6.07) is 18.9. The Morgan fingerprint density at radius 2 is 1.80 bits per heavy atom. The van der Waals surface area contributed by atoms with E-state index < -0.39 is 0 Å². The second-order valence-corrected chi connectivity index (χ2v) is 5.93. The third kappa shape index (κ3) is 4.98. The number of para-hydroxylation sites is 1. The van der Waals surface area contributed by atoms with Crippen molar-refractivity contribution in [1.82, 2.24) is 15.2 Å². The molecule has 0 saturated carbocycles. The van der Waals surface area contributed by atoms with Gasteiger partial charge in [0.05, 0.1) is 0 Å². The lowest BCUT2D eigenvalue weighted by molar-refractivity contribution is 0.477. The number of aromatic amines is 1. The van der Waals surface area contributed by atoms with Crippen molar-refractivity contribution in [3.05, 3.63) is 71.9 Å². The smallest absolute Gasteiger partial charge is 0.193 e. The molecule has 2 aromatic carbocycles. The van der Waals surface area contributed by atoms with Crippen molar-refractivity contribution in [2.24, 2.45) is 4.99 Å². The van der Waals surface area contributed by atoms with Gasteiger partial charge in [0.15, 0.2) is 5.96 Å². The van der Waals surface area contributed by atoms with E-state index in [1.807, 2.05) is 13.1 Å². The average molecular weight is 448 g/mol. The van der Waals surface area contributed by atoms with Gasteiger partial charge < -0.3 is 15.2 Å². The van der Waals surface area contributed by atoms with Crippen LogP contribution in [0.3, 0.4) is 0 Å². The van der Waals surface area contributed by atoms with Crippen molar-refractivity contribution in [2.45, 2.75) is 13.0 Å². The number of aromatic nitrogens is 1. The first-order valence-corrected chi connectivity index (χ1v) is 8.28. The van der Waals surface area contributed by atoms with Gasteiger partial charge >= 0.3 is 0 Å². The van der Waals surface area contributed by atoms with Crippen molar-refractivity contribution in [2.75, 3.05) is 20.6 Å². The van der Waals surface area contributed by atoms with E-state index in [-0.39, 0.29) is 24.0 Å². The quantitative estimate of drug-likeness (QED) is 0.352. The third-order valence-corrected chi connectivity index (χ3v) is 4.19. The van der Waals surface area contributed by atoms with Gasteiger partial charge in [-0.3, -0.25) is 4.99 Å². The fourth-order valence-corrected chi connectivity index (χ4v) is 2.96.